The Morgan fingerprint density at radius 3 is 2.27 bits per heavy atom. The van der Waals surface area contributed by atoms with E-state index in [-0.39, 0.29) is 23.2 Å². The van der Waals surface area contributed by atoms with Crippen LogP contribution in [0.25, 0.3) is 5.76 Å². The van der Waals surface area contributed by atoms with E-state index in [2.05, 4.69) is 5.32 Å². The number of anilines is 1. The Balaban J connectivity index is 1.40. The molecule has 0 unspecified atom stereocenters. The van der Waals surface area contributed by atoms with Gasteiger partial charge < -0.3 is 20.6 Å². The molecule has 30 heavy (non-hydrogen) atoms. The van der Waals surface area contributed by atoms with Crippen molar-refractivity contribution in [2.75, 3.05) is 11.1 Å². The fourth-order valence-corrected chi connectivity index (χ4v) is 4.46. The molecule has 0 fully saturated rings. The van der Waals surface area contributed by atoms with E-state index in [1.807, 2.05) is 48.5 Å². The number of aliphatic hydroxyl groups excluding tert-OH is 1. The van der Waals surface area contributed by atoms with Crippen LogP contribution in [0.1, 0.15) is 16.7 Å². The lowest BCUT2D eigenvalue weighted by Gasteiger charge is -2.18. The zero-order valence-corrected chi connectivity index (χ0v) is 16.9. The Morgan fingerprint density at radius 2 is 1.53 bits per heavy atom. The van der Waals surface area contributed by atoms with Gasteiger partial charge in [0.05, 0.1) is 5.57 Å². The van der Waals surface area contributed by atoms with Gasteiger partial charge in [0.15, 0.2) is 0 Å². The van der Waals surface area contributed by atoms with E-state index in [1.54, 1.807) is 12.1 Å². The quantitative estimate of drug-likeness (QED) is 0.472. The first-order valence-corrected chi connectivity index (χ1v) is 10.5. The number of benzene rings is 3. The van der Waals surface area contributed by atoms with Crippen molar-refractivity contribution in [3.05, 3.63) is 89.0 Å². The number of hydrogen-bond donors (Lipinski definition) is 4. The van der Waals surface area contributed by atoms with E-state index in [0.717, 1.165) is 22.4 Å². The van der Waals surface area contributed by atoms with Crippen molar-refractivity contribution in [2.45, 2.75) is 17.7 Å². The molecule has 5 nitrogen and oxygen atoms in total. The number of aryl methyl sites for hydroxylation is 2. The van der Waals surface area contributed by atoms with Gasteiger partial charge in [-0.15, -0.1) is 11.8 Å². The molecule has 152 valence electrons. The molecule has 0 bridgehead atoms. The smallest absolute Gasteiger partial charge is 0.256 e. The second-order valence-electron chi connectivity index (χ2n) is 7.12. The Labute approximate surface area is 178 Å². The molecule has 3 aromatic rings. The maximum atomic E-state index is 12.7. The lowest BCUT2D eigenvalue weighted by molar-refractivity contribution is -0.112. The summed E-state index contributed by atoms with van der Waals surface area (Å²) in [5, 5.41) is 32.5. The Bertz CT molecular complexity index is 1100. The van der Waals surface area contributed by atoms with Crippen molar-refractivity contribution < 1.29 is 20.1 Å². The van der Waals surface area contributed by atoms with Crippen LogP contribution in [0.5, 0.6) is 11.5 Å². The van der Waals surface area contributed by atoms with Gasteiger partial charge in [0.1, 0.15) is 17.3 Å². The minimum Gasteiger partial charge on any atom is -0.508 e. The number of carbonyl (C=O) groups is 1. The number of phenols is 2. The van der Waals surface area contributed by atoms with Crippen LogP contribution < -0.4 is 5.32 Å². The molecular formula is C24H21NO4S. The highest BCUT2D eigenvalue weighted by molar-refractivity contribution is 7.99. The van der Waals surface area contributed by atoms with Gasteiger partial charge in [-0.2, -0.15) is 0 Å². The third kappa shape index (κ3) is 4.44. The number of phenolic OH excluding ortho intramolecular Hbond substituents is 2. The van der Waals surface area contributed by atoms with E-state index in [4.69, 9.17) is 0 Å². The monoisotopic (exact) mass is 419 g/mol. The number of aliphatic hydroxyl groups is 1. The summed E-state index contributed by atoms with van der Waals surface area (Å²) < 4.78 is 0. The molecule has 1 aliphatic rings. The molecule has 4 rings (SSSR count). The van der Waals surface area contributed by atoms with Crippen molar-refractivity contribution >= 4 is 29.1 Å². The summed E-state index contributed by atoms with van der Waals surface area (Å²) in [5.74, 6) is 0.238. The zero-order chi connectivity index (χ0) is 21.1. The number of rotatable bonds is 5. The molecule has 0 radical (unpaired) electrons. The minimum absolute atomic E-state index is 0.0350. The number of hydrogen-bond acceptors (Lipinski definition) is 5. The summed E-state index contributed by atoms with van der Waals surface area (Å²) in [6.45, 7) is 0. The van der Waals surface area contributed by atoms with Crippen molar-refractivity contribution in [3.8, 4) is 11.5 Å². The summed E-state index contributed by atoms with van der Waals surface area (Å²) >= 11 is 1.53. The molecule has 1 aliphatic heterocycles. The molecule has 0 spiro atoms. The fourth-order valence-electron chi connectivity index (χ4n) is 3.39. The maximum Gasteiger partial charge on any atom is 0.256 e. The van der Waals surface area contributed by atoms with Crippen LogP contribution in [0.4, 0.5) is 5.69 Å². The van der Waals surface area contributed by atoms with E-state index in [9.17, 15) is 20.1 Å². The summed E-state index contributed by atoms with van der Waals surface area (Å²) in [7, 11) is 0. The molecule has 6 heteroatoms. The molecule has 0 atom stereocenters. The SMILES string of the molecule is O=C(Nc1ccc(CCc2cc(O)cc(O)c2)cc1)C1=C(O)c2ccccc2SC1. The zero-order valence-electron chi connectivity index (χ0n) is 16.1. The number of aromatic hydroxyl groups is 2. The topological polar surface area (TPSA) is 89.8 Å². The van der Waals surface area contributed by atoms with Crippen LogP contribution in [-0.4, -0.2) is 27.0 Å². The Hall–Kier alpha value is -3.38. The lowest BCUT2D eigenvalue weighted by atomic mass is 10.0. The van der Waals surface area contributed by atoms with Crippen LogP contribution >= 0.6 is 11.8 Å². The predicted octanol–water partition coefficient (Wildman–Crippen LogP) is 4.90. The molecule has 0 saturated heterocycles. The molecule has 0 aliphatic carbocycles. The van der Waals surface area contributed by atoms with Crippen LogP contribution in [0.3, 0.4) is 0 Å². The van der Waals surface area contributed by atoms with E-state index >= 15 is 0 Å². The first-order chi connectivity index (χ1) is 14.5. The summed E-state index contributed by atoms with van der Waals surface area (Å²) in [4.78, 5) is 13.6. The fraction of sp³-hybridized carbons (Fsp3) is 0.125. The van der Waals surface area contributed by atoms with Gasteiger partial charge in [-0.25, -0.2) is 0 Å². The van der Waals surface area contributed by atoms with Crippen LogP contribution in [0.2, 0.25) is 0 Å². The van der Waals surface area contributed by atoms with Crippen molar-refractivity contribution in [1.82, 2.24) is 0 Å². The van der Waals surface area contributed by atoms with Gasteiger partial charge in [-0.1, -0.05) is 30.3 Å². The number of carbonyl (C=O) groups excluding carboxylic acids is 1. The van der Waals surface area contributed by atoms with Gasteiger partial charge >= 0.3 is 0 Å². The average molecular weight is 420 g/mol. The number of thioether (sulfide) groups is 1. The van der Waals surface area contributed by atoms with Crippen LogP contribution in [0.15, 0.2) is 77.2 Å². The highest BCUT2D eigenvalue weighted by atomic mass is 32.2. The Morgan fingerprint density at radius 1 is 0.867 bits per heavy atom. The summed E-state index contributed by atoms with van der Waals surface area (Å²) in [6, 6.07) is 19.6. The van der Waals surface area contributed by atoms with Crippen LogP contribution in [-0.2, 0) is 17.6 Å². The normalized spacial score (nSPS) is 13.1. The number of fused-ring (bicyclic) bond motifs is 1. The van der Waals surface area contributed by atoms with Crippen molar-refractivity contribution in [1.29, 1.82) is 0 Å². The first kappa shape index (κ1) is 19.9. The number of amides is 1. The standard InChI is InChI=1S/C24H21NO4S/c26-18-11-16(12-19(27)13-18)6-5-15-7-9-17(10-8-15)25-24(29)21-14-30-22-4-2-1-3-20(22)23(21)28/h1-4,7-13,26-28H,5-6,14H2,(H,25,29). The largest absolute Gasteiger partial charge is 0.508 e. The maximum absolute atomic E-state index is 12.7. The van der Waals surface area contributed by atoms with Crippen molar-refractivity contribution in [3.63, 3.8) is 0 Å². The summed E-state index contributed by atoms with van der Waals surface area (Å²) in [6.07, 6.45) is 1.40. The molecule has 4 N–H and O–H groups in total. The predicted molar refractivity (Wildman–Crippen MR) is 119 cm³/mol. The van der Waals surface area contributed by atoms with E-state index in [0.29, 0.717) is 29.0 Å². The molecule has 0 aromatic heterocycles. The molecule has 1 amide bonds. The van der Waals surface area contributed by atoms with Gasteiger partial charge in [0, 0.05) is 28.0 Å². The molecule has 0 saturated carbocycles. The molecule has 3 aromatic carbocycles. The van der Waals surface area contributed by atoms with Gasteiger partial charge in [0.2, 0.25) is 0 Å². The van der Waals surface area contributed by atoms with E-state index < -0.39 is 0 Å². The second-order valence-corrected chi connectivity index (χ2v) is 8.14. The van der Waals surface area contributed by atoms with E-state index in [1.165, 1.54) is 17.8 Å². The highest BCUT2D eigenvalue weighted by Crippen LogP contribution is 2.36. The molecule has 1 heterocycles. The number of nitrogens with one attached hydrogen (secondary N) is 1. The van der Waals surface area contributed by atoms with Gasteiger partial charge in [-0.3, -0.25) is 4.79 Å². The van der Waals surface area contributed by atoms with Gasteiger partial charge in [-0.05, 0) is 54.3 Å². The third-order valence-corrected chi connectivity index (χ3v) is 6.05. The molecular weight excluding hydrogens is 398 g/mol. The van der Waals surface area contributed by atoms with Gasteiger partial charge in [0.25, 0.3) is 5.91 Å². The average Bonchev–Trinajstić information content (AvgIpc) is 2.73. The Kier molecular flexibility index (Phi) is 5.68. The van der Waals surface area contributed by atoms with Crippen molar-refractivity contribution in [2.24, 2.45) is 0 Å². The third-order valence-electron chi connectivity index (χ3n) is 4.95. The lowest BCUT2D eigenvalue weighted by Crippen LogP contribution is -2.19. The first-order valence-electron chi connectivity index (χ1n) is 9.56. The highest BCUT2D eigenvalue weighted by Gasteiger charge is 2.23. The summed E-state index contributed by atoms with van der Waals surface area (Å²) in [5.41, 5.74) is 3.63. The second kappa shape index (κ2) is 8.55. The van der Waals surface area contributed by atoms with Crippen LogP contribution in [0, 0.1) is 0 Å². The minimum atomic E-state index is -0.308.